The first-order valence-corrected chi connectivity index (χ1v) is 6.34. The van der Waals surface area contributed by atoms with Gasteiger partial charge >= 0.3 is 0 Å². The van der Waals surface area contributed by atoms with Crippen molar-refractivity contribution in [1.29, 1.82) is 0 Å². The van der Waals surface area contributed by atoms with Crippen LogP contribution < -0.4 is 5.32 Å². The molecule has 1 rings (SSSR count). The van der Waals surface area contributed by atoms with Crippen LogP contribution in [0.25, 0.3) is 0 Å². The lowest BCUT2D eigenvalue weighted by Crippen LogP contribution is -2.41. The number of nitrogens with one attached hydrogen (secondary N) is 1. The monoisotopic (exact) mass is 243 g/mol. The van der Waals surface area contributed by atoms with Gasteiger partial charge in [-0.15, -0.1) is 0 Å². The number of nitrogens with zero attached hydrogens (tertiary/aromatic N) is 2. The normalized spacial score (nSPS) is 20.6. The molecule has 100 valence electrons. The molecule has 1 saturated heterocycles. The molecule has 5 heteroatoms. The van der Waals surface area contributed by atoms with Crippen LogP contribution in [-0.2, 0) is 9.47 Å². The van der Waals surface area contributed by atoms with E-state index in [4.69, 9.17) is 9.47 Å². The number of aliphatic imine (C=N–C) groups is 1. The standard InChI is InChI=1S/C12H25N3O2/c1-4-13-12(14-6-8-16-3)15(2)9-11-5-7-17-10-11/h11H,4-10H2,1-3H3,(H,13,14). The number of hydrogen-bond acceptors (Lipinski definition) is 3. The molecule has 0 aliphatic carbocycles. The predicted molar refractivity (Wildman–Crippen MR) is 69.4 cm³/mol. The maximum absolute atomic E-state index is 5.39. The second-order valence-corrected chi connectivity index (χ2v) is 4.34. The number of guanidine groups is 1. The van der Waals surface area contributed by atoms with E-state index in [0.717, 1.165) is 38.7 Å². The molecule has 0 aromatic rings. The molecule has 0 aromatic carbocycles. The van der Waals surface area contributed by atoms with Gasteiger partial charge in [0.25, 0.3) is 0 Å². The molecule has 0 aromatic heterocycles. The largest absolute Gasteiger partial charge is 0.383 e. The summed E-state index contributed by atoms with van der Waals surface area (Å²) in [5.74, 6) is 1.59. The van der Waals surface area contributed by atoms with Gasteiger partial charge < -0.3 is 19.7 Å². The summed E-state index contributed by atoms with van der Waals surface area (Å²) in [5.41, 5.74) is 0. The summed E-state index contributed by atoms with van der Waals surface area (Å²) in [6.45, 7) is 7.10. The topological polar surface area (TPSA) is 46.1 Å². The molecule has 1 heterocycles. The number of methoxy groups -OCH3 is 1. The highest BCUT2D eigenvalue weighted by Gasteiger charge is 2.18. The van der Waals surface area contributed by atoms with Crippen molar-refractivity contribution in [1.82, 2.24) is 10.2 Å². The summed E-state index contributed by atoms with van der Waals surface area (Å²) >= 11 is 0. The van der Waals surface area contributed by atoms with Crippen molar-refractivity contribution in [2.24, 2.45) is 10.9 Å². The average molecular weight is 243 g/mol. The smallest absolute Gasteiger partial charge is 0.193 e. The zero-order chi connectivity index (χ0) is 12.5. The van der Waals surface area contributed by atoms with Crippen molar-refractivity contribution in [2.45, 2.75) is 13.3 Å². The van der Waals surface area contributed by atoms with E-state index in [-0.39, 0.29) is 0 Å². The Kier molecular flexibility index (Phi) is 6.96. The van der Waals surface area contributed by atoms with E-state index in [0.29, 0.717) is 19.1 Å². The average Bonchev–Trinajstić information content (AvgIpc) is 2.81. The van der Waals surface area contributed by atoms with Crippen molar-refractivity contribution in [2.75, 3.05) is 53.6 Å². The molecule has 0 amide bonds. The molecule has 0 radical (unpaired) electrons. The van der Waals surface area contributed by atoms with Gasteiger partial charge in [-0.25, -0.2) is 0 Å². The quantitative estimate of drug-likeness (QED) is 0.421. The number of rotatable bonds is 6. The van der Waals surface area contributed by atoms with E-state index >= 15 is 0 Å². The predicted octanol–water partition coefficient (Wildman–Crippen LogP) is 0.567. The Hall–Kier alpha value is -0.810. The fraction of sp³-hybridized carbons (Fsp3) is 0.917. The van der Waals surface area contributed by atoms with E-state index < -0.39 is 0 Å². The van der Waals surface area contributed by atoms with Crippen molar-refractivity contribution in [3.63, 3.8) is 0 Å². The maximum atomic E-state index is 5.39. The molecule has 17 heavy (non-hydrogen) atoms. The Morgan fingerprint density at radius 2 is 2.41 bits per heavy atom. The minimum atomic E-state index is 0.631. The summed E-state index contributed by atoms with van der Waals surface area (Å²) in [5, 5.41) is 3.29. The first kappa shape index (κ1) is 14.3. The molecule has 0 bridgehead atoms. The molecule has 1 aliphatic rings. The molecular formula is C12H25N3O2. The van der Waals surface area contributed by atoms with Gasteiger partial charge in [0.05, 0.1) is 19.8 Å². The first-order valence-electron chi connectivity index (χ1n) is 6.34. The zero-order valence-electron chi connectivity index (χ0n) is 11.2. The van der Waals surface area contributed by atoms with Gasteiger partial charge in [-0.1, -0.05) is 0 Å². The van der Waals surface area contributed by atoms with Gasteiger partial charge in [0.2, 0.25) is 0 Å². The maximum Gasteiger partial charge on any atom is 0.193 e. The summed E-state index contributed by atoms with van der Waals surface area (Å²) < 4.78 is 10.4. The Morgan fingerprint density at radius 3 is 3.00 bits per heavy atom. The lowest BCUT2D eigenvalue weighted by Gasteiger charge is -2.24. The molecule has 5 nitrogen and oxygen atoms in total. The molecule has 1 aliphatic heterocycles. The molecule has 1 atom stereocenters. The summed E-state index contributed by atoms with van der Waals surface area (Å²) in [7, 11) is 3.77. The molecule has 1 N–H and O–H groups in total. The fourth-order valence-corrected chi connectivity index (χ4v) is 1.91. The third kappa shape index (κ3) is 5.37. The molecule has 0 spiro atoms. The Labute approximate surface area is 104 Å². The summed E-state index contributed by atoms with van der Waals surface area (Å²) in [4.78, 5) is 6.69. The summed E-state index contributed by atoms with van der Waals surface area (Å²) in [6, 6.07) is 0. The van der Waals surface area contributed by atoms with Crippen LogP contribution in [0.1, 0.15) is 13.3 Å². The van der Waals surface area contributed by atoms with E-state index in [2.05, 4.69) is 29.2 Å². The van der Waals surface area contributed by atoms with Gasteiger partial charge in [-0.2, -0.15) is 0 Å². The third-order valence-corrected chi connectivity index (χ3v) is 2.81. The van der Waals surface area contributed by atoms with Crippen LogP contribution in [0.4, 0.5) is 0 Å². The van der Waals surface area contributed by atoms with E-state index in [1.807, 2.05) is 0 Å². The minimum Gasteiger partial charge on any atom is -0.383 e. The molecule has 0 saturated carbocycles. The van der Waals surface area contributed by atoms with Gasteiger partial charge in [-0.3, -0.25) is 4.99 Å². The van der Waals surface area contributed by atoms with E-state index in [9.17, 15) is 0 Å². The van der Waals surface area contributed by atoms with Crippen LogP contribution in [0.5, 0.6) is 0 Å². The van der Waals surface area contributed by atoms with Crippen molar-refractivity contribution >= 4 is 5.96 Å². The van der Waals surface area contributed by atoms with E-state index in [1.54, 1.807) is 7.11 Å². The zero-order valence-corrected chi connectivity index (χ0v) is 11.2. The SMILES string of the molecule is CCNC(=NCCOC)N(C)CC1CCOC1. The molecule has 1 unspecified atom stereocenters. The van der Waals surface area contributed by atoms with Gasteiger partial charge in [0.15, 0.2) is 5.96 Å². The third-order valence-electron chi connectivity index (χ3n) is 2.81. The van der Waals surface area contributed by atoms with Crippen LogP contribution in [0.3, 0.4) is 0 Å². The van der Waals surface area contributed by atoms with Crippen LogP contribution >= 0.6 is 0 Å². The van der Waals surface area contributed by atoms with Gasteiger partial charge in [-0.05, 0) is 13.3 Å². The van der Waals surface area contributed by atoms with Crippen molar-refractivity contribution in [3.8, 4) is 0 Å². The second-order valence-electron chi connectivity index (χ2n) is 4.34. The lowest BCUT2D eigenvalue weighted by molar-refractivity contribution is 0.181. The fourth-order valence-electron chi connectivity index (χ4n) is 1.91. The van der Waals surface area contributed by atoms with Crippen molar-refractivity contribution < 1.29 is 9.47 Å². The highest BCUT2D eigenvalue weighted by molar-refractivity contribution is 5.79. The van der Waals surface area contributed by atoms with Crippen molar-refractivity contribution in [3.05, 3.63) is 0 Å². The first-order chi connectivity index (χ1) is 8.27. The Morgan fingerprint density at radius 1 is 1.59 bits per heavy atom. The molecular weight excluding hydrogens is 218 g/mol. The number of ether oxygens (including phenoxy) is 2. The van der Waals surface area contributed by atoms with Crippen LogP contribution in [0.2, 0.25) is 0 Å². The van der Waals surface area contributed by atoms with Crippen LogP contribution in [0, 0.1) is 5.92 Å². The van der Waals surface area contributed by atoms with Gasteiger partial charge in [0.1, 0.15) is 0 Å². The minimum absolute atomic E-state index is 0.631. The van der Waals surface area contributed by atoms with Gasteiger partial charge in [0, 0.05) is 39.8 Å². The lowest BCUT2D eigenvalue weighted by atomic mass is 10.1. The van der Waals surface area contributed by atoms with Crippen LogP contribution in [-0.4, -0.2) is 64.5 Å². The highest BCUT2D eigenvalue weighted by Crippen LogP contribution is 2.13. The number of hydrogen-bond donors (Lipinski definition) is 1. The van der Waals surface area contributed by atoms with E-state index in [1.165, 1.54) is 0 Å². The van der Waals surface area contributed by atoms with Crippen LogP contribution in [0.15, 0.2) is 4.99 Å². The summed E-state index contributed by atoms with van der Waals surface area (Å²) in [6.07, 6.45) is 1.15. The second kappa shape index (κ2) is 8.31. The Bertz CT molecular complexity index is 228. The Balaban J connectivity index is 2.40. The molecule has 1 fully saturated rings. The highest BCUT2D eigenvalue weighted by atomic mass is 16.5.